The Balaban J connectivity index is 2.24. The number of nitrogens with one attached hydrogen (secondary N) is 2. The lowest BCUT2D eigenvalue weighted by molar-refractivity contribution is -0.114. The van der Waals surface area contributed by atoms with E-state index in [2.05, 4.69) is 17.6 Å². The van der Waals surface area contributed by atoms with E-state index in [0.717, 1.165) is 5.56 Å². The van der Waals surface area contributed by atoms with Gasteiger partial charge < -0.3 is 15.4 Å². The fourth-order valence-corrected chi connectivity index (χ4v) is 1.94. The van der Waals surface area contributed by atoms with Crippen LogP contribution in [-0.4, -0.2) is 18.9 Å². The highest BCUT2D eigenvalue weighted by molar-refractivity contribution is 6.05. The van der Waals surface area contributed by atoms with Gasteiger partial charge in [-0.2, -0.15) is 0 Å². The predicted octanol–water partition coefficient (Wildman–Crippen LogP) is 3.09. The van der Waals surface area contributed by atoms with Crippen LogP contribution in [0.4, 0.5) is 11.4 Å². The number of hydrogen-bond acceptors (Lipinski definition) is 3. The maximum absolute atomic E-state index is 12.3. The van der Waals surface area contributed by atoms with E-state index in [1.807, 2.05) is 0 Å². The number of hydrogen-bond donors (Lipinski definition) is 2. The highest BCUT2D eigenvalue weighted by Crippen LogP contribution is 2.28. The zero-order valence-electron chi connectivity index (χ0n) is 12.5. The SMILES string of the molecule is [CH2]c1ccc(C(=O)Nc2cc(NC(C)=O)ccc2OC)cc1. The quantitative estimate of drug-likeness (QED) is 0.911. The molecule has 0 aliphatic rings. The van der Waals surface area contributed by atoms with Crippen LogP contribution in [0.3, 0.4) is 0 Å². The fraction of sp³-hybridized carbons (Fsp3) is 0.118. The molecule has 0 saturated carbocycles. The number of methoxy groups -OCH3 is 1. The number of rotatable bonds is 4. The van der Waals surface area contributed by atoms with Gasteiger partial charge in [-0.25, -0.2) is 0 Å². The second-order valence-corrected chi connectivity index (χ2v) is 4.75. The number of carbonyl (C=O) groups excluding carboxylic acids is 2. The lowest BCUT2D eigenvalue weighted by Gasteiger charge is -2.12. The Morgan fingerprint density at radius 3 is 2.32 bits per heavy atom. The molecule has 0 fully saturated rings. The lowest BCUT2D eigenvalue weighted by Crippen LogP contribution is -2.13. The fourth-order valence-electron chi connectivity index (χ4n) is 1.94. The number of ether oxygens (including phenoxy) is 1. The highest BCUT2D eigenvalue weighted by atomic mass is 16.5. The van der Waals surface area contributed by atoms with Gasteiger partial charge in [-0.15, -0.1) is 0 Å². The lowest BCUT2D eigenvalue weighted by atomic mass is 10.1. The number of anilines is 2. The Hall–Kier alpha value is -2.82. The summed E-state index contributed by atoms with van der Waals surface area (Å²) in [6.07, 6.45) is 0. The molecule has 0 aliphatic carbocycles. The van der Waals surface area contributed by atoms with E-state index in [1.54, 1.807) is 42.5 Å². The third-order valence-corrected chi connectivity index (χ3v) is 2.98. The molecule has 0 saturated heterocycles. The predicted molar refractivity (Wildman–Crippen MR) is 86.2 cm³/mol. The van der Waals surface area contributed by atoms with Gasteiger partial charge in [-0.1, -0.05) is 12.1 Å². The van der Waals surface area contributed by atoms with E-state index in [-0.39, 0.29) is 11.8 Å². The molecular formula is C17H17N2O3. The molecule has 1 radical (unpaired) electrons. The van der Waals surface area contributed by atoms with Gasteiger partial charge in [0.2, 0.25) is 5.91 Å². The minimum Gasteiger partial charge on any atom is -0.495 e. The molecule has 2 aromatic rings. The first-order valence-electron chi connectivity index (χ1n) is 6.68. The molecule has 113 valence electrons. The van der Waals surface area contributed by atoms with Crippen LogP contribution in [0.1, 0.15) is 22.8 Å². The Labute approximate surface area is 129 Å². The average molecular weight is 297 g/mol. The van der Waals surface area contributed by atoms with Crippen molar-refractivity contribution in [1.29, 1.82) is 0 Å². The van der Waals surface area contributed by atoms with Crippen molar-refractivity contribution >= 4 is 23.2 Å². The van der Waals surface area contributed by atoms with E-state index in [0.29, 0.717) is 22.7 Å². The van der Waals surface area contributed by atoms with Gasteiger partial charge in [0.25, 0.3) is 5.91 Å². The van der Waals surface area contributed by atoms with E-state index in [1.165, 1.54) is 14.0 Å². The molecule has 0 aromatic heterocycles. The molecule has 0 aliphatic heterocycles. The van der Waals surface area contributed by atoms with Gasteiger partial charge in [-0.3, -0.25) is 9.59 Å². The zero-order chi connectivity index (χ0) is 16.1. The van der Waals surface area contributed by atoms with E-state index in [9.17, 15) is 9.59 Å². The van der Waals surface area contributed by atoms with Crippen LogP contribution < -0.4 is 15.4 Å². The number of benzene rings is 2. The summed E-state index contributed by atoms with van der Waals surface area (Å²) in [5, 5.41) is 5.44. The van der Waals surface area contributed by atoms with Crippen LogP contribution in [0, 0.1) is 6.92 Å². The molecule has 2 N–H and O–H groups in total. The summed E-state index contributed by atoms with van der Waals surface area (Å²) in [7, 11) is 1.51. The molecule has 0 atom stereocenters. The smallest absolute Gasteiger partial charge is 0.255 e. The summed E-state index contributed by atoms with van der Waals surface area (Å²) in [4.78, 5) is 23.4. The van der Waals surface area contributed by atoms with Gasteiger partial charge in [0.1, 0.15) is 5.75 Å². The largest absolute Gasteiger partial charge is 0.495 e. The zero-order valence-corrected chi connectivity index (χ0v) is 12.5. The minimum absolute atomic E-state index is 0.187. The normalized spacial score (nSPS) is 9.95. The van der Waals surface area contributed by atoms with Crippen LogP contribution >= 0.6 is 0 Å². The van der Waals surface area contributed by atoms with E-state index in [4.69, 9.17) is 4.74 Å². The van der Waals surface area contributed by atoms with Gasteiger partial charge in [0, 0.05) is 18.2 Å². The first-order chi connectivity index (χ1) is 10.5. The van der Waals surface area contributed by atoms with Gasteiger partial charge >= 0.3 is 0 Å². The molecule has 2 rings (SSSR count). The molecule has 2 aromatic carbocycles. The van der Waals surface area contributed by atoms with Crippen LogP contribution in [-0.2, 0) is 4.79 Å². The monoisotopic (exact) mass is 297 g/mol. The van der Waals surface area contributed by atoms with Crippen molar-refractivity contribution in [3.05, 3.63) is 60.5 Å². The molecule has 5 nitrogen and oxygen atoms in total. The summed E-state index contributed by atoms with van der Waals surface area (Å²) < 4.78 is 5.22. The summed E-state index contributed by atoms with van der Waals surface area (Å²) >= 11 is 0. The summed E-state index contributed by atoms with van der Waals surface area (Å²) in [5.41, 5.74) is 2.41. The molecule has 0 spiro atoms. The van der Waals surface area contributed by atoms with Crippen LogP contribution in [0.5, 0.6) is 5.75 Å². The molecule has 0 bridgehead atoms. The number of amides is 2. The number of carbonyl (C=O) groups is 2. The second kappa shape index (κ2) is 6.76. The maximum Gasteiger partial charge on any atom is 0.255 e. The van der Waals surface area contributed by atoms with Crippen molar-refractivity contribution in [1.82, 2.24) is 0 Å². The molecular weight excluding hydrogens is 280 g/mol. The Bertz CT molecular complexity index is 694. The standard InChI is InChI=1S/C17H17N2O3/c1-11-4-6-13(7-5-11)17(21)19-15-10-14(18-12(2)20)8-9-16(15)22-3/h4-10H,1H2,2-3H3,(H,18,20)(H,19,21). The molecule has 5 heteroatoms. The topological polar surface area (TPSA) is 67.4 Å². The average Bonchev–Trinajstić information content (AvgIpc) is 2.47. The maximum atomic E-state index is 12.3. The summed E-state index contributed by atoms with van der Waals surface area (Å²) in [5.74, 6) is 0.0583. The summed E-state index contributed by atoms with van der Waals surface area (Å²) in [6, 6.07) is 11.9. The van der Waals surface area contributed by atoms with Crippen molar-refractivity contribution in [3.8, 4) is 5.75 Å². The van der Waals surface area contributed by atoms with Crippen molar-refractivity contribution < 1.29 is 14.3 Å². The Morgan fingerprint density at radius 1 is 1.05 bits per heavy atom. The molecule has 0 unspecified atom stereocenters. The van der Waals surface area contributed by atoms with Crippen LogP contribution in [0.15, 0.2) is 42.5 Å². The third kappa shape index (κ3) is 3.85. The Morgan fingerprint density at radius 2 is 1.73 bits per heavy atom. The second-order valence-electron chi connectivity index (χ2n) is 4.75. The van der Waals surface area contributed by atoms with Crippen LogP contribution in [0.25, 0.3) is 0 Å². The van der Waals surface area contributed by atoms with Crippen molar-refractivity contribution in [2.45, 2.75) is 6.92 Å². The van der Waals surface area contributed by atoms with Gasteiger partial charge in [0.05, 0.1) is 12.8 Å². The Kier molecular flexibility index (Phi) is 4.78. The van der Waals surface area contributed by atoms with Crippen molar-refractivity contribution in [2.24, 2.45) is 0 Å². The molecule has 2 amide bonds. The minimum atomic E-state index is -0.265. The first-order valence-corrected chi connectivity index (χ1v) is 6.68. The van der Waals surface area contributed by atoms with E-state index < -0.39 is 0 Å². The first kappa shape index (κ1) is 15.6. The van der Waals surface area contributed by atoms with Gasteiger partial charge in [-0.05, 0) is 42.8 Å². The highest BCUT2D eigenvalue weighted by Gasteiger charge is 2.11. The van der Waals surface area contributed by atoms with E-state index >= 15 is 0 Å². The van der Waals surface area contributed by atoms with Gasteiger partial charge in [0.15, 0.2) is 0 Å². The van der Waals surface area contributed by atoms with Crippen LogP contribution in [0.2, 0.25) is 0 Å². The third-order valence-electron chi connectivity index (χ3n) is 2.98. The molecule has 22 heavy (non-hydrogen) atoms. The summed E-state index contributed by atoms with van der Waals surface area (Å²) in [6.45, 7) is 5.20. The van der Waals surface area contributed by atoms with Crippen molar-refractivity contribution in [2.75, 3.05) is 17.7 Å². The van der Waals surface area contributed by atoms with Crippen molar-refractivity contribution in [3.63, 3.8) is 0 Å². The molecule has 0 heterocycles.